The molecule has 3 fully saturated rings. The number of phenolic OH excluding ortho intramolecular Hbond substituents is 5. The molecule has 30 nitrogen and oxygen atoms in total. The third kappa shape index (κ3) is 14.7. The number of phenols is 5. The summed E-state index contributed by atoms with van der Waals surface area (Å²) in [4.78, 5) is 49.8. The first-order chi connectivity index (χ1) is 41.0. The van der Waals surface area contributed by atoms with E-state index in [2.05, 4.69) is 0 Å². The van der Waals surface area contributed by atoms with E-state index >= 15 is 0 Å². The van der Waals surface area contributed by atoms with Gasteiger partial charge in [0, 0.05) is 24.3 Å². The molecule has 464 valence electrons. The summed E-state index contributed by atoms with van der Waals surface area (Å²) in [5, 5.41) is 140. The van der Waals surface area contributed by atoms with E-state index in [-0.39, 0.29) is 56.9 Å². The van der Waals surface area contributed by atoms with Gasteiger partial charge in [-0.1, -0.05) is 6.07 Å². The number of ether oxygens (including phenoxy) is 13. The van der Waals surface area contributed by atoms with E-state index < -0.39 is 165 Å². The number of esters is 3. The van der Waals surface area contributed by atoms with Gasteiger partial charge in [0.15, 0.2) is 58.8 Å². The minimum absolute atomic E-state index is 0.0195. The number of rotatable bonds is 21. The van der Waals surface area contributed by atoms with E-state index in [0.717, 1.165) is 36.4 Å². The van der Waals surface area contributed by atoms with E-state index in [9.17, 15) is 80.5 Å². The van der Waals surface area contributed by atoms with Crippen LogP contribution in [0.3, 0.4) is 0 Å². The second-order valence-electron chi connectivity index (χ2n) is 19.5. The summed E-state index contributed by atoms with van der Waals surface area (Å²) in [6.45, 7) is -2.32. The fourth-order valence-corrected chi connectivity index (χ4v) is 9.15. The van der Waals surface area contributed by atoms with Crippen molar-refractivity contribution >= 4 is 42.1 Å². The van der Waals surface area contributed by atoms with Crippen molar-refractivity contribution in [1.82, 2.24) is 0 Å². The number of carbonyl (C=O) groups is 4. The summed E-state index contributed by atoms with van der Waals surface area (Å²) in [5.74, 6) is -8.00. The van der Waals surface area contributed by atoms with E-state index in [1.807, 2.05) is 0 Å². The Morgan fingerprint density at radius 2 is 1.23 bits per heavy atom. The predicted octanol–water partition coefficient (Wildman–Crippen LogP) is -0.410. The van der Waals surface area contributed by atoms with Crippen molar-refractivity contribution in [2.45, 2.75) is 98.5 Å². The molecule has 4 aromatic rings. The third-order valence-electron chi connectivity index (χ3n) is 13.7. The summed E-state index contributed by atoms with van der Waals surface area (Å²) in [7, 11) is 3.87. The SMILES string of the molecule is COc1cc(C=CC(=O)OCC2OC(OC3=Cc4c(OC5OC(COC(=O)CC(=O)O)C(O)C(O)C5O)cc(O)cc4[OH+]C3c3ccc(O)c(O)c3)C(OC3OCC(O)C(O)C3OC(=O)C=Cc3cc(OC)c(O)c(OC)c3)C(O)C2O)ccc1O. The second kappa shape index (κ2) is 27.6. The van der Waals surface area contributed by atoms with Crippen LogP contribution in [0.5, 0.6) is 57.5 Å². The molecule has 30 heteroatoms. The summed E-state index contributed by atoms with van der Waals surface area (Å²) >= 11 is 0. The Hall–Kier alpha value is -8.66. The molecule has 4 aliphatic rings. The van der Waals surface area contributed by atoms with Crippen molar-refractivity contribution < 1.29 is 147 Å². The lowest BCUT2D eigenvalue weighted by molar-refractivity contribution is -0.353. The number of carboxylic acid groups (broad SMARTS) is 1. The van der Waals surface area contributed by atoms with Gasteiger partial charge in [-0.2, -0.15) is 0 Å². The van der Waals surface area contributed by atoms with Crippen LogP contribution in [0.1, 0.15) is 34.8 Å². The average Bonchev–Trinajstić information content (AvgIpc) is 3.56. The number of fused-ring (bicyclic) bond motifs is 1. The second-order valence-corrected chi connectivity index (χ2v) is 19.5. The van der Waals surface area contributed by atoms with Crippen LogP contribution in [-0.4, -0.2) is 222 Å². The fourth-order valence-electron chi connectivity index (χ4n) is 9.15. The topological polar surface area (TPSA) is 455 Å². The predicted molar refractivity (Wildman–Crippen MR) is 284 cm³/mol. The van der Waals surface area contributed by atoms with Crippen molar-refractivity contribution in [2.75, 3.05) is 41.2 Å². The zero-order chi connectivity index (χ0) is 62.3. The van der Waals surface area contributed by atoms with Crippen molar-refractivity contribution in [3.05, 3.63) is 101 Å². The van der Waals surface area contributed by atoms with Crippen molar-refractivity contribution in [3.63, 3.8) is 0 Å². The van der Waals surface area contributed by atoms with Crippen LogP contribution in [0.25, 0.3) is 18.2 Å². The molecule has 0 saturated carbocycles. The first-order valence-electron chi connectivity index (χ1n) is 25.9. The van der Waals surface area contributed by atoms with E-state index in [1.54, 1.807) is 0 Å². The lowest BCUT2D eigenvalue weighted by Crippen LogP contribution is -2.63. The van der Waals surface area contributed by atoms with Crippen LogP contribution in [0, 0.1) is 0 Å². The standard InChI is InChI=1S/C56H60O30/c1-74-34-12-23(4-8-29(34)59)5-10-41(64)77-21-39-47(70)49(72)53(86-55-52(44(67)31(61)20-79-55)85-42(65)11-6-24-13-35(75-2)45(68)36(14-24)76-3)56(84-39)82-37-18-27-32(80-51(37)25-7-9-28(58)30(60)15-25)16-26(57)17-33(27)81-54-50(73)48(71)46(69)38(83-54)22-78-43(66)19-40(62)63/h4-18,31,38-39,44,46-61,67-73H,19-22H2,1-3H3,(H,62,63)/p+1. The molecule has 15 unspecified atom stereocenters. The van der Waals surface area contributed by atoms with Gasteiger partial charge in [-0.15, -0.1) is 0 Å². The Bertz CT molecular complexity index is 3170. The summed E-state index contributed by atoms with van der Waals surface area (Å²) < 4.78 is 72.4. The Balaban J connectivity index is 1.14. The van der Waals surface area contributed by atoms with Gasteiger partial charge in [0.1, 0.15) is 91.6 Å². The van der Waals surface area contributed by atoms with Gasteiger partial charge in [-0.05, 0) is 65.7 Å². The van der Waals surface area contributed by atoms with E-state index in [0.29, 0.717) is 5.56 Å². The number of hydrogen-bond donors (Lipinski definition) is 13. The minimum Gasteiger partial charge on any atom is -0.571 e. The molecule has 4 heterocycles. The molecular weight excluding hydrogens is 1150 g/mol. The highest BCUT2D eigenvalue weighted by molar-refractivity contribution is 5.90. The summed E-state index contributed by atoms with van der Waals surface area (Å²) in [5.41, 5.74) is 0.592. The molecule has 86 heavy (non-hydrogen) atoms. The molecule has 0 amide bonds. The van der Waals surface area contributed by atoms with Gasteiger partial charge < -0.3 is 128 Å². The summed E-state index contributed by atoms with van der Waals surface area (Å²) in [6.07, 6.45) is -24.0. The zero-order valence-corrected chi connectivity index (χ0v) is 45.4. The van der Waals surface area contributed by atoms with Crippen LogP contribution in [-0.2, 0) is 57.1 Å². The molecule has 0 bridgehead atoms. The minimum atomic E-state index is -2.16. The first-order valence-corrected chi connectivity index (χ1v) is 25.9. The Labute approximate surface area is 486 Å². The molecule has 0 aromatic heterocycles. The number of methoxy groups -OCH3 is 3. The monoisotopic (exact) mass is 1210 g/mol. The Morgan fingerprint density at radius 3 is 1.91 bits per heavy atom. The van der Waals surface area contributed by atoms with Gasteiger partial charge in [-0.3, -0.25) is 9.59 Å². The highest BCUT2D eigenvalue weighted by atomic mass is 16.8. The fraction of sp³-hybridized carbons (Fsp3) is 0.393. The van der Waals surface area contributed by atoms with Crippen molar-refractivity contribution in [1.29, 1.82) is 0 Å². The summed E-state index contributed by atoms with van der Waals surface area (Å²) in [6, 6.07) is 12.5. The van der Waals surface area contributed by atoms with Gasteiger partial charge in [-0.25, -0.2) is 9.59 Å². The maximum absolute atomic E-state index is 13.5. The molecule has 4 aliphatic heterocycles. The molecule has 4 aromatic carbocycles. The number of aliphatic hydroxyl groups excluding tert-OH is 7. The van der Waals surface area contributed by atoms with E-state index in [4.69, 9.17) is 66.7 Å². The molecule has 0 radical (unpaired) electrons. The number of aliphatic hydroxyl groups is 8. The molecule has 8 rings (SSSR count). The number of carboxylic acids is 1. The molecular formula is C56H61O30+. The van der Waals surface area contributed by atoms with Gasteiger partial charge in [0.25, 0.3) is 11.9 Å². The number of aromatic hydroxyl groups is 6. The zero-order valence-electron chi connectivity index (χ0n) is 45.4. The highest BCUT2D eigenvalue weighted by Crippen LogP contribution is 2.48. The normalized spacial score (nSPS) is 28.1. The number of aliphatic carboxylic acids is 1. The van der Waals surface area contributed by atoms with Gasteiger partial charge in [0.2, 0.25) is 18.3 Å². The first kappa shape index (κ1) is 63.4. The average molecular weight is 1210 g/mol. The lowest BCUT2D eigenvalue weighted by Gasteiger charge is -2.45. The molecule has 0 spiro atoms. The molecule has 15 atom stereocenters. The number of benzene rings is 4. The lowest BCUT2D eigenvalue weighted by atomic mass is 9.97. The van der Waals surface area contributed by atoms with Gasteiger partial charge >= 0.3 is 23.9 Å². The molecule has 3 saturated heterocycles. The van der Waals surface area contributed by atoms with Crippen LogP contribution in [0.2, 0.25) is 0 Å². The maximum Gasteiger partial charge on any atom is 0.331 e. The van der Waals surface area contributed by atoms with E-state index in [1.165, 1.54) is 76.0 Å². The largest absolute Gasteiger partial charge is 0.571 e. The Kier molecular flexibility index (Phi) is 20.3. The molecule has 14 N–H and O–H groups in total. The van der Waals surface area contributed by atoms with Crippen LogP contribution < -0.4 is 18.9 Å². The smallest absolute Gasteiger partial charge is 0.331 e. The van der Waals surface area contributed by atoms with Crippen LogP contribution >= 0.6 is 0 Å². The van der Waals surface area contributed by atoms with Crippen LogP contribution in [0.15, 0.2) is 78.6 Å². The number of carbonyl (C=O) groups excluding carboxylic acids is 3. The quantitative estimate of drug-likeness (QED) is 0.0126. The van der Waals surface area contributed by atoms with Gasteiger partial charge in [0.05, 0.1) is 39.6 Å². The number of hydrogen-bond acceptors (Lipinski definition) is 28. The van der Waals surface area contributed by atoms with Crippen LogP contribution in [0.4, 0.5) is 0 Å². The maximum atomic E-state index is 13.5. The molecule has 0 aliphatic carbocycles. The van der Waals surface area contributed by atoms with Crippen molar-refractivity contribution in [3.8, 4) is 57.5 Å². The Morgan fingerprint density at radius 1 is 0.605 bits per heavy atom. The highest BCUT2D eigenvalue weighted by Gasteiger charge is 2.53. The third-order valence-corrected chi connectivity index (χ3v) is 13.7. The van der Waals surface area contributed by atoms with Crippen molar-refractivity contribution in [2.24, 2.45) is 0 Å².